The number of thiophene rings is 1. The Kier molecular flexibility index (Phi) is 4.60. The molecule has 158 valence electrons. The highest BCUT2D eigenvalue weighted by Gasteiger charge is 2.35. The van der Waals surface area contributed by atoms with Crippen molar-refractivity contribution < 1.29 is 23.5 Å². The minimum atomic E-state index is -0.567. The van der Waals surface area contributed by atoms with E-state index in [2.05, 4.69) is 11.5 Å². The predicted octanol–water partition coefficient (Wildman–Crippen LogP) is 5.79. The summed E-state index contributed by atoms with van der Waals surface area (Å²) >= 11 is 1.41. The number of nitrogens with one attached hydrogen (secondary N) is 1. The van der Waals surface area contributed by atoms with E-state index < -0.39 is 5.60 Å². The van der Waals surface area contributed by atoms with Crippen LogP contribution < -0.4 is 5.48 Å². The number of benzene rings is 2. The average molecular weight is 437 g/mol. The van der Waals surface area contributed by atoms with Crippen molar-refractivity contribution >= 4 is 44.2 Å². The molecule has 3 heterocycles. The molecule has 0 spiro atoms. The van der Waals surface area contributed by atoms with Crippen LogP contribution in [-0.2, 0) is 14.3 Å². The van der Waals surface area contributed by atoms with E-state index in [9.17, 15) is 9.18 Å². The van der Waals surface area contributed by atoms with E-state index in [1.165, 1.54) is 30.6 Å². The van der Waals surface area contributed by atoms with E-state index in [4.69, 9.17) is 14.3 Å². The maximum Gasteiger partial charge on any atom is 0.348 e. The van der Waals surface area contributed by atoms with Gasteiger partial charge in [-0.3, -0.25) is 10.3 Å². The Balaban J connectivity index is 1.59. The number of esters is 1. The zero-order valence-corrected chi connectivity index (χ0v) is 18.1. The van der Waals surface area contributed by atoms with Crippen LogP contribution in [0.15, 0.2) is 54.3 Å². The zero-order valence-electron chi connectivity index (χ0n) is 17.2. The van der Waals surface area contributed by atoms with Crippen LogP contribution in [0, 0.1) is 5.82 Å². The van der Waals surface area contributed by atoms with Gasteiger partial charge in [-0.25, -0.2) is 9.18 Å². The third-order valence-electron chi connectivity index (χ3n) is 5.51. The van der Waals surface area contributed by atoms with Gasteiger partial charge >= 0.3 is 5.97 Å². The van der Waals surface area contributed by atoms with Crippen LogP contribution in [0.4, 0.5) is 10.1 Å². The van der Waals surface area contributed by atoms with Crippen molar-refractivity contribution in [3.05, 3.63) is 76.1 Å². The molecule has 5 rings (SSSR count). The Morgan fingerprint density at radius 3 is 2.84 bits per heavy atom. The van der Waals surface area contributed by atoms with Gasteiger partial charge in [0.05, 0.1) is 12.8 Å². The molecule has 0 atom stereocenters. The van der Waals surface area contributed by atoms with Gasteiger partial charge in [0.15, 0.2) is 0 Å². The second-order valence-electron chi connectivity index (χ2n) is 7.95. The quantitative estimate of drug-likeness (QED) is 0.515. The summed E-state index contributed by atoms with van der Waals surface area (Å²) in [5.74, 6) is 0.0370. The molecule has 1 aromatic heterocycles. The van der Waals surface area contributed by atoms with Gasteiger partial charge in [0.2, 0.25) is 0 Å². The van der Waals surface area contributed by atoms with Gasteiger partial charge < -0.3 is 9.47 Å². The molecule has 0 radical (unpaired) electrons. The van der Waals surface area contributed by atoms with Gasteiger partial charge in [-0.05, 0) is 67.3 Å². The van der Waals surface area contributed by atoms with E-state index in [0.717, 1.165) is 32.4 Å². The summed E-state index contributed by atoms with van der Waals surface area (Å²) in [5.41, 5.74) is 6.52. The maximum atomic E-state index is 13.6. The molecule has 0 fully saturated rings. The minimum Gasteiger partial charge on any atom is -0.483 e. The molecule has 3 aromatic rings. The molecular weight excluding hydrogens is 417 g/mol. The molecule has 0 saturated carbocycles. The summed E-state index contributed by atoms with van der Waals surface area (Å²) < 4.78 is 25.8. The molecule has 2 aliphatic heterocycles. The van der Waals surface area contributed by atoms with Crippen molar-refractivity contribution in [1.29, 1.82) is 0 Å². The van der Waals surface area contributed by atoms with E-state index >= 15 is 0 Å². The van der Waals surface area contributed by atoms with Crippen molar-refractivity contribution in [2.45, 2.75) is 19.4 Å². The third-order valence-corrected chi connectivity index (χ3v) is 6.60. The smallest absolute Gasteiger partial charge is 0.348 e. The van der Waals surface area contributed by atoms with Crippen LogP contribution in [0.25, 0.3) is 21.2 Å². The number of allylic oxidation sites excluding steroid dienone is 1. The van der Waals surface area contributed by atoms with Gasteiger partial charge in [-0.1, -0.05) is 6.07 Å². The number of hydrogen-bond acceptors (Lipinski definition) is 6. The number of carbonyl (C=O) groups excluding carboxylic acids is 1. The number of methoxy groups -OCH3 is 1. The Morgan fingerprint density at radius 2 is 2.03 bits per heavy atom. The van der Waals surface area contributed by atoms with Crippen LogP contribution >= 0.6 is 11.3 Å². The highest BCUT2D eigenvalue weighted by atomic mass is 32.1. The normalized spacial score (nSPS) is 19.4. The van der Waals surface area contributed by atoms with Gasteiger partial charge in [-0.15, -0.1) is 11.3 Å². The maximum absolute atomic E-state index is 13.6. The number of ether oxygens (including phenoxy) is 2. The van der Waals surface area contributed by atoms with Crippen molar-refractivity contribution in [2.24, 2.45) is 0 Å². The van der Waals surface area contributed by atoms with E-state index in [-0.39, 0.29) is 11.8 Å². The van der Waals surface area contributed by atoms with E-state index in [0.29, 0.717) is 22.9 Å². The molecule has 0 unspecified atom stereocenters. The fraction of sp³-hybridized carbons (Fsp3) is 0.208. The fourth-order valence-electron chi connectivity index (χ4n) is 3.99. The number of carbonyl (C=O) groups is 1. The van der Waals surface area contributed by atoms with Crippen molar-refractivity contribution in [3.63, 3.8) is 0 Å². The van der Waals surface area contributed by atoms with Crippen molar-refractivity contribution in [2.75, 3.05) is 19.2 Å². The first-order valence-corrected chi connectivity index (χ1v) is 10.6. The van der Waals surface area contributed by atoms with Crippen molar-refractivity contribution in [3.8, 4) is 0 Å². The second-order valence-corrected chi connectivity index (χ2v) is 9.03. The third kappa shape index (κ3) is 3.40. The number of rotatable bonds is 2. The number of hydrogen-bond donors (Lipinski definition) is 1. The largest absolute Gasteiger partial charge is 0.483 e. The molecule has 31 heavy (non-hydrogen) atoms. The highest BCUT2D eigenvalue weighted by molar-refractivity contribution is 7.20. The summed E-state index contributed by atoms with van der Waals surface area (Å²) in [4.78, 5) is 17.9. The summed E-state index contributed by atoms with van der Waals surface area (Å²) in [6.07, 6.45) is 2.02. The SMILES string of the molecule is COC(=O)c1cc2cc(C3=C/C(=C4\CONc5cc(F)ccc54)OC3(C)C)ccc2s1. The lowest BCUT2D eigenvalue weighted by Crippen LogP contribution is -2.22. The van der Waals surface area contributed by atoms with Crippen LogP contribution in [0.3, 0.4) is 0 Å². The van der Waals surface area contributed by atoms with Gasteiger partial charge in [-0.2, -0.15) is 0 Å². The Labute approximate surface area is 182 Å². The molecule has 2 aromatic carbocycles. The average Bonchev–Trinajstić information content (AvgIpc) is 3.32. The van der Waals surface area contributed by atoms with Crippen LogP contribution in [0.2, 0.25) is 0 Å². The molecule has 5 nitrogen and oxygen atoms in total. The summed E-state index contributed by atoms with van der Waals surface area (Å²) in [7, 11) is 1.38. The first-order valence-electron chi connectivity index (χ1n) is 9.80. The Hall–Kier alpha value is -3.16. The summed E-state index contributed by atoms with van der Waals surface area (Å²) in [5, 5.41) is 0.978. The summed E-state index contributed by atoms with van der Waals surface area (Å²) in [6, 6.07) is 12.5. The van der Waals surface area contributed by atoms with Gasteiger partial charge in [0.1, 0.15) is 28.7 Å². The lowest BCUT2D eigenvalue weighted by atomic mass is 9.91. The molecule has 2 aliphatic rings. The summed E-state index contributed by atoms with van der Waals surface area (Å²) in [6.45, 7) is 4.33. The topological polar surface area (TPSA) is 56.8 Å². The zero-order chi connectivity index (χ0) is 21.8. The van der Waals surface area contributed by atoms with Crippen molar-refractivity contribution in [1.82, 2.24) is 0 Å². The van der Waals surface area contributed by atoms with Gasteiger partial charge in [0.25, 0.3) is 0 Å². The first kappa shape index (κ1) is 19.8. The number of anilines is 1. The lowest BCUT2D eigenvalue weighted by Gasteiger charge is -2.26. The lowest BCUT2D eigenvalue weighted by molar-refractivity contribution is 0.0606. The van der Waals surface area contributed by atoms with Gasteiger partial charge in [0, 0.05) is 21.4 Å². The molecular formula is C24H20FNO4S. The Bertz CT molecular complexity index is 1290. The molecule has 0 amide bonds. The minimum absolute atomic E-state index is 0.305. The monoisotopic (exact) mass is 437 g/mol. The molecule has 0 aliphatic carbocycles. The highest BCUT2D eigenvalue weighted by Crippen LogP contribution is 2.44. The standard InChI is InChI=1S/C24H20FNO4S/c1-24(2)18(13-4-7-21-14(8-13)9-22(31-21)23(27)28-3)11-20(30-24)17-12-29-26-19-10-15(25)5-6-16(17)19/h4-11,26H,12H2,1-3H3/b20-17-. The number of halogens is 1. The molecule has 0 bridgehead atoms. The van der Waals surface area contributed by atoms with Crippen LogP contribution in [0.5, 0.6) is 0 Å². The van der Waals surface area contributed by atoms with E-state index in [1.54, 1.807) is 6.07 Å². The van der Waals surface area contributed by atoms with E-state index in [1.807, 2.05) is 38.1 Å². The predicted molar refractivity (Wildman–Crippen MR) is 119 cm³/mol. The first-order chi connectivity index (χ1) is 14.9. The Morgan fingerprint density at radius 1 is 1.19 bits per heavy atom. The molecule has 0 saturated heterocycles. The van der Waals surface area contributed by atoms with Crippen LogP contribution in [-0.4, -0.2) is 25.3 Å². The number of fused-ring (bicyclic) bond motifs is 2. The molecule has 1 N–H and O–H groups in total. The second kappa shape index (κ2) is 7.21. The van der Waals surface area contributed by atoms with Crippen LogP contribution in [0.1, 0.15) is 34.6 Å². The fourth-order valence-corrected chi connectivity index (χ4v) is 4.95. The molecule has 7 heteroatoms.